The first kappa shape index (κ1) is 11.8. The van der Waals surface area contributed by atoms with Gasteiger partial charge in [-0.3, -0.25) is 4.99 Å². The zero-order chi connectivity index (χ0) is 6.41. The summed E-state index contributed by atoms with van der Waals surface area (Å²) in [5.74, 6) is 0.193. The molecule has 9 heavy (non-hydrogen) atoms. The molecule has 0 aliphatic rings. The first-order valence-electron chi connectivity index (χ1n) is 2.82. The zero-order valence-electron chi connectivity index (χ0n) is 5.63. The summed E-state index contributed by atoms with van der Waals surface area (Å²) in [5.41, 5.74) is 10.1. The van der Waals surface area contributed by atoms with Gasteiger partial charge in [0.1, 0.15) is 0 Å². The summed E-state index contributed by atoms with van der Waals surface area (Å²) in [5, 5.41) is 0. The molecular weight excluding hydrogens is 229 g/mol. The van der Waals surface area contributed by atoms with Gasteiger partial charge in [0.15, 0.2) is 5.96 Å². The highest BCUT2D eigenvalue weighted by molar-refractivity contribution is 14.0. The number of guanidine groups is 1. The Kier molecular flexibility index (Phi) is 10.4. The van der Waals surface area contributed by atoms with Gasteiger partial charge in [0.05, 0.1) is 0 Å². The molecule has 0 bridgehead atoms. The van der Waals surface area contributed by atoms with E-state index in [1.807, 2.05) is 0 Å². The fourth-order valence-electron chi connectivity index (χ4n) is 0.366. The van der Waals surface area contributed by atoms with Crippen molar-refractivity contribution >= 4 is 29.9 Å². The minimum Gasteiger partial charge on any atom is -0.370 e. The van der Waals surface area contributed by atoms with Crippen molar-refractivity contribution in [3.05, 3.63) is 0 Å². The first-order valence-corrected chi connectivity index (χ1v) is 2.82. The van der Waals surface area contributed by atoms with Crippen molar-refractivity contribution in [3.8, 4) is 0 Å². The second-order valence-electron chi connectivity index (χ2n) is 1.66. The maximum atomic E-state index is 5.06. The molecular formula is C5H14IN3. The van der Waals surface area contributed by atoms with Crippen LogP contribution in [0.15, 0.2) is 4.99 Å². The molecule has 0 fully saturated rings. The standard InChI is InChI=1S/C5H13N3.HI/c1-2-3-4-8-5(6)7;/h2-4H2,1H3,(H4,6,7,8);1H. The Morgan fingerprint density at radius 1 is 1.44 bits per heavy atom. The molecule has 0 aromatic heterocycles. The van der Waals surface area contributed by atoms with Crippen LogP contribution in [0.1, 0.15) is 19.8 Å². The Balaban J connectivity index is 0. The summed E-state index contributed by atoms with van der Waals surface area (Å²) in [6, 6.07) is 0. The molecule has 0 aromatic carbocycles. The lowest BCUT2D eigenvalue weighted by Crippen LogP contribution is -2.22. The number of hydrogen-bond acceptors (Lipinski definition) is 1. The third-order valence-electron chi connectivity index (χ3n) is 0.806. The van der Waals surface area contributed by atoms with Crippen molar-refractivity contribution < 1.29 is 0 Å². The van der Waals surface area contributed by atoms with E-state index in [-0.39, 0.29) is 29.9 Å². The number of halogens is 1. The average molecular weight is 243 g/mol. The van der Waals surface area contributed by atoms with Crippen molar-refractivity contribution in [3.63, 3.8) is 0 Å². The van der Waals surface area contributed by atoms with E-state index in [1.54, 1.807) is 0 Å². The number of nitrogens with two attached hydrogens (primary N) is 2. The summed E-state index contributed by atoms with van der Waals surface area (Å²) in [6.07, 6.45) is 2.20. The molecule has 56 valence electrons. The van der Waals surface area contributed by atoms with Gasteiger partial charge in [-0.1, -0.05) is 13.3 Å². The maximum absolute atomic E-state index is 5.06. The van der Waals surface area contributed by atoms with E-state index in [9.17, 15) is 0 Å². The highest BCUT2D eigenvalue weighted by Crippen LogP contribution is 1.84. The monoisotopic (exact) mass is 243 g/mol. The molecule has 0 radical (unpaired) electrons. The molecule has 4 N–H and O–H groups in total. The molecule has 3 nitrogen and oxygen atoms in total. The molecule has 0 atom stereocenters. The minimum atomic E-state index is 0. The third kappa shape index (κ3) is 11.5. The van der Waals surface area contributed by atoms with Crippen molar-refractivity contribution in [1.82, 2.24) is 0 Å². The van der Waals surface area contributed by atoms with E-state index < -0.39 is 0 Å². The van der Waals surface area contributed by atoms with Gasteiger partial charge < -0.3 is 11.5 Å². The maximum Gasteiger partial charge on any atom is 0.185 e. The van der Waals surface area contributed by atoms with Crippen molar-refractivity contribution in [2.24, 2.45) is 16.5 Å². The lowest BCUT2D eigenvalue weighted by molar-refractivity contribution is 0.806. The zero-order valence-corrected chi connectivity index (χ0v) is 7.96. The predicted molar refractivity (Wildman–Crippen MR) is 51.0 cm³/mol. The number of nitrogens with zero attached hydrogens (tertiary/aromatic N) is 1. The Hall–Kier alpha value is 0. The van der Waals surface area contributed by atoms with Crippen molar-refractivity contribution in [2.45, 2.75) is 19.8 Å². The molecule has 0 unspecified atom stereocenters. The Labute approximate surface area is 72.9 Å². The van der Waals surface area contributed by atoms with Crippen LogP contribution < -0.4 is 11.5 Å². The van der Waals surface area contributed by atoms with Crippen LogP contribution in [0.2, 0.25) is 0 Å². The molecule has 4 heteroatoms. The van der Waals surface area contributed by atoms with Gasteiger partial charge in [-0.25, -0.2) is 0 Å². The summed E-state index contributed by atoms with van der Waals surface area (Å²) < 4.78 is 0. The van der Waals surface area contributed by atoms with Gasteiger partial charge in [0, 0.05) is 6.54 Å². The van der Waals surface area contributed by atoms with Gasteiger partial charge in [-0.05, 0) is 6.42 Å². The van der Waals surface area contributed by atoms with Gasteiger partial charge >= 0.3 is 0 Å². The molecule has 0 aliphatic carbocycles. The molecule has 0 rings (SSSR count). The molecule has 0 aromatic rings. The normalized spacial score (nSPS) is 7.67. The lowest BCUT2D eigenvalue weighted by atomic mass is 10.3. The first-order chi connectivity index (χ1) is 3.77. The SMILES string of the molecule is CCCCN=C(N)N.I. The second kappa shape index (κ2) is 8.00. The largest absolute Gasteiger partial charge is 0.370 e. The van der Waals surface area contributed by atoms with E-state index >= 15 is 0 Å². The quantitative estimate of drug-likeness (QED) is 0.331. The van der Waals surface area contributed by atoms with Gasteiger partial charge in [-0.15, -0.1) is 24.0 Å². The smallest absolute Gasteiger partial charge is 0.185 e. The van der Waals surface area contributed by atoms with Crippen molar-refractivity contribution in [2.75, 3.05) is 6.54 Å². The number of hydrogen-bond donors (Lipinski definition) is 2. The molecule has 0 spiro atoms. The fraction of sp³-hybridized carbons (Fsp3) is 0.800. The molecule has 0 aliphatic heterocycles. The van der Waals surface area contributed by atoms with E-state index in [0.717, 1.165) is 19.4 Å². The summed E-state index contributed by atoms with van der Waals surface area (Å²) in [6.45, 7) is 2.86. The van der Waals surface area contributed by atoms with E-state index in [1.165, 1.54) is 0 Å². The molecule has 0 saturated heterocycles. The van der Waals surface area contributed by atoms with Crippen LogP contribution in [0, 0.1) is 0 Å². The number of aliphatic imine (C=N–C) groups is 1. The molecule has 0 saturated carbocycles. The van der Waals surface area contributed by atoms with Crippen LogP contribution in [0.3, 0.4) is 0 Å². The summed E-state index contributed by atoms with van der Waals surface area (Å²) in [7, 11) is 0. The topological polar surface area (TPSA) is 64.4 Å². The van der Waals surface area contributed by atoms with E-state index in [4.69, 9.17) is 11.5 Å². The van der Waals surface area contributed by atoms with Crippen LogP contribution in [0.5, 0.6) is 0 Å². The van der Waals surface area contributed by atoms with Gasteiger partial charge in [-0.2, -0.15) is 0 Å². The highest BCUT2D eigenvalue weighted by Gasteiger charge is 1.79. The Bertz CT molecular complexity index is 78.3. The van der Waals surface area contributed by atoms with Crippen LogP contribution >= 0.6 is 24.0 Å². The van der Waals surface area contributed by atoms with Crippen LogP contribution in [0.25, 0.3) is 0 Å². The Morgan fingerprint density at radius 2 is 2.00 bits per heavy atom. The predicted octanol–water partition coefficient (Wildman–Crippen LogP) is 0.678. The lowest BCUT2D eigenvalue weighted by Gasteiger charge is -1.89. The van der Waals surface area contributed by atoms with E-state index in [2.05, 4.69) is 11.9 Å². The average Bonchev–Trinajstić information content (AvgIpc) is 1.66. The highest BCUT2D eigenvalue weighted by atomic mass is 127. The van der Waals surface area contributed by atoms with Crippen LogP contribution in [-0.4, -0.2) is 12.5 Å². The van der Waals surface area contributed by atoms with Gasteiger partial charge in [0.2, 0.25) is 0 Å². The fourth-order valence-corrected chi connectivity index (χ4v) is 0.366. The molecule has 0 amide bonds. The third-order valence-corrected chi connectivity index (χ3v) is 0.806. The minimum absolute atomic E-state index is 0. The van der Waals surface area contributed by atoms with Crippen molar-refractivity contribution in [1.29, 1.82) is 0 Å². The summed E-state index contributed by atoms with van der Waals surface area (Å²) in [4.78, 5) is 3.79. The second-order valence-corrected chi connectivity index (χ2v) is 1.66. The molecule has 0 heterocycles. The van der Waals surface area contributed by atoms with Crippen LogP contribution in [-0.2, 0) is 0 Å². The van der Waals surface area contributed by atoms with Gasteiger partial charge in [0.25, 0.3) is 0 Å². The Morgan fingerprint density at radius 3 is 2.33 bits per heavy atom. The summed E-state index contributed by atoms with van der Waals surface area (Å²) >= 11 is 0. The van der Waals surface area contributed by atoms with Crippen LogP contribution in [0.4, 0.5) is 0 Å². The number of unbranched alkanes of at least 4 members (excludes halogenated alkanes) is 1. The number of rotatable bonds is 3. The van der Waals surface area contributed by atoms with E-state index in [0.29, 0.717) is 0 Å².